The van der Waals surface area contributed by atoms with E-state index in [0.717, 1.165) is 6.42 Å². The van der Waals surface area contributed by atoms with Crippen LogP contribution in [0.3, 0.4) is 0 Å². The molecule has 3 rings (SSSR count). The van der Waals surface area contributed by atoms with Crippen molar-refractivity contribution in [2.45, 2.75) is 32.9 Å². The van der Waals surface area contributed by atoms with Gasteiger partial charge < -0.3 is 9.72 Å². The molecule has 0 spiro atoms. The minimum absolute atomic E-state index is 0.123. The Kier molecular flexibility index (Phi) is 6.19. The number of fused-ring (bicyclic) bond motifs is 1. The van der Waals surface area contributed by atoms with Crippen molar-refractivity contribution in [3.8, 4) is 5.75 Å². The van der Waals surface area contributed by atoms with Crippen molar-refractivity contribution in [2.24, 2.45) is 0 Å². The third kappa shape index (κ3) is 4.92. The predicted molar refractivity (Wildman–Crippen MR) is 104 cm³/mol. The zero-order valence-corrected chi connectivity index (χ0v) is 15.6. The number of nitrogens with zero attached hydrogens (tertiary/aromatic N) is 2. The number of H-pyrrole nitrogens is 1. The Morgan fingerprint density at radius 1 is 1.19 bits per heavy atom. The Balaban J connectivity index is 1.69. The van der Waals surface area contributed by atoms with Crippen molar-refractivity contribution < 1.29 is 9.13 Å². The maximum atomic E-state index is 13.0. The molecule has 5 nitrogen and oxygen atoms in total. The highest BCUT2D eigenvalue weighted by Crippen LogP contribution is 2.13. The zero-order valence-electron chi connectivity index (χ0n) is 15.6. The van der Waals surface area contributed by atoms with Crippen molar-refractivity contribution >= 4 is 10.9 Å². The minimum Gasteiger partial charge on any atom is -0.492 e. The van der Waals surface area contributed by atoms with Crippen LogP contribution in [0.25, 0.3) is 10.9 Å². The van der Waals surface area contributed by atoms with Crippen LogP contribution in [0.15, 0.2) is 53.3 Å². The molecule has 1 atom stereocenters. The van der Waals surface area contributed by atoms with Crippen LogP contribution in [0.5, 0.6) is 5.75 Å². The summed E-state index contributed by atoms with van der Waals surface area (Å²) in [5.41, 5.74) is 0.574. The molecule has 0 aliphatic carbocycles. The first-order valence-corrected chi connectivity index (χ1v) is 9.17. The number of hydrogen-bond acceptors (Lipinski definition) is 4. The smallest absolute Gasteiger partial charge is 0.258 e. The molecule has 6 heteroatoms. The predicted octanol–water partition coefficient (Wildman–Crippen LogP) is 3.74. The topological polar surface area (TPSA) is 58.2 Å². The normalized spacial score (nSPS) is 12.4. The average molecular weight is 369 g/mol. The number of para-hydroxylation sites is 1. The van der Waals surface area contributed by atoms with Crippen molar-refractivity contribution in [1.29, 1.82) is 0 Å². The Labute approximate surface area is 157 Å². The molecule has 1 heterocycles. The molecular formula is C21H24FN3O2. The van der Waals surface area contributed by atoms with Crippen molar-refractivity contribution in [2.75, 3.05) is 13.2 Å². The summed E-state index contributed by atoms with van der Waals surface area (Å²) in [7, 11) is 0. The summed E-state index contributed by atoms with van der Waals surface area (Å²) in [6.45, 7) is 5.92. The molecule has 1 unspecified atom stereocenters. The second kappa shape index (κ2) is 8.77. The first kappa shape index (κ1) is 19.0. The van der Waals surface area contributed by atoms with Crippen LogP contribution in [0.1, 0.15) is 26.1 Å². The second-order valence-corrected chi connectivity index (χ2v) is 6.56. The van der Waals surface area contributed by atoms with Gasteiger partial charge in [0.2, 0.25) is 0 Å². The lowest BCUT2D eigenvalue weighted by molar-refractivity contribution is 0.154. The number of rotatable bonds is 8. The molecule has 0 aliphatic heterocycles. The molecule has 3 aromatic rings. The van der Waals surface area contributed by atoms with Gasteiger partial charge >= 0.3 is 0 Å². The fourth-order valence-corrected chi connectivity index (χ4v) is 2.93. The molecule has 1 N–H and O–H groups in total. The van der Waals surface area contributed by atoms with E-state index < -0.39 is 0 Å². The minimum atomic E-state index is -0.282. The molecule has 1 aromatic heterocycles. The molecular weight excluding hydrogens is 345 g/mol. The summed E-state index contributed by atoms with van der Waals surface area (Å²) in [5.74, 6) is 0.994. The Hall–Kier alpha value is -2.73. The Morgan fingerprint density at radius 3 is 2.67 bits per heavy atom. The number of benzene rings is 2. The van der Waals surface area contributed by atoms with Gasteiger partial charge in [-0.1, -0.05) is 19.1 Å². The maximum Gasteiger partial charge on any atom is 0.258 e. The van der Waals surface area contributed by atoms with Gasteiger partial charge in [0, 0.05) is 12.6 Å². The molecule has 0 radical (unpaired) electrons. The van der Waals surface area contributed by atoms with E-state index in [4.69, 9.17) is 4.74 Å². The first-order chi connectivity index (χ1) is 13.1. The van der Waals surface area contributed by atoms with Gasteiger partial charge in [0.1, 0.15) is 24.0 Å². The fraction of sp³-hybridized carbons (Fsp3) is 0.333. The molecule has 0 aliphatic rings. The maximum absolute atomic E-state index is 13.0. The third-order valence-corrected chi connectivity index (χ3v) is 4.69. The van der Waals surface area contributed by atoms with E-state index >= 15 is 0 Å². The SMILES string of the molecule is CCC(C)N(CCOc1ccc(F)cc1)Cc1nc2ccccc2c(=O)[nH]1. The summed E-state index contributed by atoms with van der Waals surface area (Å²) in [6, 6.07) is 13.6. The van der Waals surface area contributed by atoms with Crippen molar-refractivity contribution in [3.63, 3.8) is 0 Å². The van der Waals surface area contributed by atoms with Crippen LogP contribution in [-0.2, 0) is 6.54 Å². The lowest BCUT2D eigenvalue weighted by Gasteiger charge is -2.27. The number of ether oxygens (including phenoxy) is 1. The summed E-state index contributed by atoms with van der Waals surface area (Å²) < 4.78 is 18.7. The van der Waals surface area contributed by atoms with Crippen molar-refractivity contribution in [1.82, 2.24) is 14.9 Å². The molecule has 2 aromatic carbocycles. The highest BCUT2D eigenvalue weighted by Gasteiger charge is 2.15. The highest BCUT2D eigenvalue weighted by molar-refractivity contribution is 5.77. The largest absolute Gasteiger partial charge is 0.492 e. The second-order valence-electron chi connectivity index (χ2n) is 6.56. The summed E-state index contributed by atoms with van der Waals surface area (Å²) in [6.07, 6.45) is 0.967. The Bertz CT molecular complexity index is 940. The van der Waals surface area contributed by atoms with Crippen LogP contribution >= 0.6 is 0 Å². The number of hydrogen-bond donors (Lipinski definition) is 1. The number of aromatic amines is 1. The van der Waals surface area contributed by atoms with Gasteiger partial charge in [-0.25, -0.2) is 9.37 Å². The Morgan fingerprint density at radius 2 is 1.93 bits per heavy atom. The van der Waals surface area contributed by atoms with Crippen LogP contribution in [0, 0.1) is 5.82 Å². The average Bonchev–Trinajstić information content (AvgIpc) is 2.68. The lowest BCUT2D eigenvalue weighted by Crippen LogP contribution is -2.36. The van der Waals surface area contributed by atoms with Gasteiger partial charge in [0.25, 0.3) is 5.56 Å². The van der Waals surface area contributed by atoms with E-state index in [0.29, 0.717) is 48.2 Å². The van der Waals surface area contributed by atoms with Gasteiger partial charge in [0.05, 0.1) is 17.4 Å². The summed E-state index contributed by atoms with van der Waals surface area (Å²) in [4.78, 5) is 22.0. The fourth-order valence-electron chi connectivity index (χ4n) is 2.93. The van der Waals surface area contributed by atoms with Crippen LogP contribution in [0.4, 0.5) is 4.39 Å². The van der Waals surface area contributed by atoms with Crippen LogP contribution in [0.2, 0.25) is 0 Å². The molecule has 0 fully saturated rings. The third-order valence-electron chi connectivity index (χ3n) is 4.69. The van der Waals surface area contributed by atoms with E-state index in [-0.39, 0.29) is 11.4 Å². The first-order valence-electron chi connectivity index (χ1n) is 9.17. The molecule has 27 heavy (non-hydrogen) atoms. The van der Waals surface area contributed by atoms with Gasteiger partial charge in [-0.3, -0.25) is 9.69 Å². The van der Waals surface area contributed by atoms with Gasteiger partial charge in [-0.2, -0.15) is 0 Å². The van der Waals surface area contributed by atoms with Gasteiger partial charge in [-0.05, 0) is 49.7 Å². The molecule has 0 saturated heterocycles. The number of halogens is 1. The van der Waals surface area contributed by atoms with Gasteiger partial charge in [-0.15, -0.1) is 0 Å². The van der Waals surface area contributed by atoms with Crippen LogP contribution in [-0.4, -0.2) is 34.1 Å². The van der Waals surface area contributed by atoms with E-state index in [1.165, 1.54) is 12.1 Å². The van der Waals surface area contributed by atoms with E-state index in [2.05, 4.69) is 28.7 Å². The number of nitrogens with one attached hydrogen (secondary N) is 1. The van der Waals surface area contributed by atoms with Gasteiger partial charge in [0.15, 0.2) is 0 Å². The quantitative estimate of drug-likeness (QED) is 0.657. The summed E-state index contributed by atoms with van der Waals surface area (Å²) >= 11 is 0. The zero-order chi connectivity index (χ0) is 19.2. The number of aromatic nitrogens is 2. The van der Waals surface area contributed by atoms with Crippen molar-refractivity contribution in [3.05, 3.63) is 70.5 Å². The monoisotopic (exact) mass is 369 g/mol. The molecule has 0 bridgehead atoms. The lowest BCUT2D eigenvalue weighted by atomic mass is 10.2. The molecule has 142 valence electrons. The summed E-state index contributed by atoms with van der Waals surface area (Å²) in [5, 5.41) is 0.594. The standard InChI is InChI=1S/C21H24FN3O2/c1-3-15(2)25(12-13-27-17-10-8-16(22)9-11-17)14-20-23-19-7-5-4-6-18(19)21(26)24-20/h4-11,15H,3,12-14H2,1-2H3,(H,23,24,26). The van der Waals surface area contributed by atoms with Crippen LogP contribution < -0.4 is 10.3 Å². The van der Waals surface area contributed by atoms with E-state index in [1.54, 1.807) is 18.2 Å². The molecule has 0 amide bonds. The molecule has 0 saturated carbocycles. The highest BCUT2D eigenvalue weighted by atomic mass is 19.1. The van der Waals surface area contributed by atoms with E-state index in [9.17, 15) is 9.18 Å². The van der Waals surface area contributed by atoms with E-state index in [1.807, 2.05) is 18.2 Å².